The van der Waals surface area contributed by atoms with Crippen molar-refractivity contribution in [3.05, 3.63) is 181 Å². The summed E-state index contributed by atoms with van der Waals surface area (Å²) < 4.78 is 0. The number of unbranched alkanes of at least 4 members (excludes halogenated alkanes) is 1. The first-order valence-corrected chi connectivity index (χ1v) is 22.4. The molecule has 0 heterocycles. The second-order valence-electron chi connectivity index (χ2n) is 14.4. The van der Waals surface area contributed by atoms with Crippen LogP contribution in [0, 0.1) is 20.8 Å². The summed E-state index contributed by atoms with van der Waals surface area (Å²) in [5, 5.41) is 16.1. The number of aryl methyl sites for hydroxylation is 3. The molecule has 0 aliphatic rings. The maximum Gasteiger partial charge on any atom is -0.00205 e. The van der Waals surface area contributed by atoms with Gasteiger partial charge in [-0.2, -0.15) is 0 Å². The van der Waals surface area contributed by atoms with E-state index in [1.165, 1.54) is 116 Å². The van der Waals surface area contributed by atoms with Crippen molar-refractivity contribution >= 4 is 64.6 Å². The van der Waals surface area contributed by atoms with Crippen molar-refractivity contribution in [2.45, 2.75) is 95.9 Å². The highest BCUT2D eigenvalue weighted by Crippen LogP contribution is 2.44. The van der Waals surface area contributed by atoms with Crippen LogP contribution in [0.5, 0.6) is 0 Å². The Kier molecular flexibility index (Phi) is 17.9. The SMILES string of the molecule is C=CC.CC.CC.CC.CCCC.Cc1ccc2ccc3c(-c4ccc5ccc6cccc7ccc4c5c67)ccc4ccc1c2c43.Cc1ccccc1-c1ccccc1C. The number of rotatable bonds is 3. The molecule has 10 aromatic carbocycles. The van der Waals surface area contributed by atoms with Gasteiger partial charge in [0, 0.05) is 0 Å². The second-order valence-corrected chi connectivity index (χ2v) is 14.4. The van der Waals surface area contributed by atoms with Crippen LogP contribution in [0.25, 0.3) is 86.9 Å². The van der Waals surface area contributed by atoms with E-state index >= 15 is 0 Å². The lowest BCUT2D eigenvalue weighted by molar-refractivity contribution is 0.886. The van der Waals surface area contributed by atoms with Crippen molar-refractivity contribution in [2.24, 2.45) is 0 Å². The molecule has 0 aliphatic heterocycles. The van der Waals surface area contributed by atoms with Crippen molar-refractivity contribution in [1.29, 1.82) is 0 Å². The van der Waals surface area contributed by atoms with Crippen molar-refractivity contribution < 1.29 is 0 Å². The van der Waals surface area contributed by atoms with Crippen LogP contribution in [0.1, 0.15) is 91.8 Å². The summed E-state index contributed by atoms with van der Waals surface area (Å²) in [4.78, 5) is 0. The average molecular weight is 789 g/mol. The predicted molar refractivity (Wildman–Crippen MR) is 276 cm³/mol. The van der Waals surface area contributed by atoms with E-state index in [9.17, 15) is 0 Å². The van der Waals surface area contributed by atoms with Crippen LogP contribution in [0.3, 0.4) is 0 Å². The van der Waals surface area contributed by atoms with Crippen LogP contribution >= 0.6 is 0 Å². The maximum absolute atomic E-state index is 3.36. The van der Waals surface area contributed by atoms with Gasteiger partial charge < -0.3 is 0 Å². The molecule has 0 saturated heterocycles. The molecule has 0 saturated carbocycles. The predicted octanol–water partition coefficient (Wildman–Crippen LogP) is 19.5. The molecule has 0 heteroatoms. The summed E-state index contributed by atoms with van der Waals surface area (Å²) in [6.45, 7) is 28.1. The number of hydrogen-bond acceptors (Lipinski definition) is 0. The molecule has 10 rings (SSSR count). The minimum absolute atomic E-state index is 1.31. The minimum atomic E-state index is 1.31. The Bertz CT molecular complexity index is 2790. The Morgan fingerprint density at radius 2 is 0.650 bits per heavy atom. The van der Waals surface area contributed by atoms with E-state index in [0.29, 0.717) is 0 Å². The van der Waals surface area contributed by atoms with Gasteiger partial charge in [0.05, 0.1) is 0 Å². The first kappa shape index (κ1) is 46.7. The fourth-order valence-electron chi connectivity index (χ4n) is 7.90. The molecule has 0 bridgehead atoms. The molecule has 308 valence electrons. The highest BCUT2D eigenvalue weighted by molar-refractivity contribution is 6.29. The molecule has 0 unspecified atom stereocenters. The summed E-state index contributed by atoms with van der Waals surface area (Å²) in [5.74, 6) is 0. The molecular formula is C60H68. The molecule has 0 nitrogen and oxygen atoms in total. The van der Waals surface area contributed by atoms with Gasteiger partial charge >= 0.3 is 0 Å². The molecule has 0 aromatic heterocycles. The summed E-state index contributed by atoms with van der Waals surface area (Å²) in [6.07, 6.45) is 4.39. The summed E-state index contributed by atoms with van der Waals surface area (Å²) in [5.41, 5.74) is 9.32. The van der Waals surface area contributed by atoms with E-state index in [-0.39, 0.29) is 0 Å². The molecule has 0 fully saturated rings. The zero-order chi connectivity index (χ0) is 43.8. The standard InChI is InChI=1S/C33H20.C14H14.C4H10.C3H6.3C2H6/c1-19-5-6-22-13-18-29-27(16-11-24-9-14-25(19)31(22)33(24)29)26-15-10-23-8-7-20-3-2-4-21-12-17-28(26)32(23)30(20)21;1-11-7-3-5-9-13(11)14-10-6-4-8-12(14)2;1-3-4-2;1-3-2;3*1-2/h2-18H,1H3;3-10H,1-2H3;3-4H2,1-2H3;3H,1H2,2H3;3*1-2H3. The van der Waals surface area contributed by atoms with Gasteiger partial charge in [-0.15, -0.1) is 6.58 Å². The molecule has 0 amide bonds. The smallest absolute Gasteiger partial charge is 0.00205 e. The summed E-state index contributed by atoms with van der Waals surface area (Å²) in [6, 6.07) is 55.7. The van der Waals surface area contributed by atoms with Gasteiger partial charge in [0.2, 0.25) is 0 Å². The largest absolute Gasteiger partial charge is 0.103 e. The first-order chi connectivity index (χ1) is 29.4. The van der Waals surface area contributed by atoms with Crippen LogP contribution < -0.4 is 0 Å². The molecule has 0 radical (unpaired) electrons. The van der Waals surface area contributed by atoms with Gasteiger partial charge in [-0.1, -0.05) is 226 Å². The van der Waals surface area contributed by atoms with Gasteiger partial charge in [0.1, 0.15) is 0 Å². The van der Waals surface area contributed by atoms with Crippen LogP contribution in [0.2, 0.25) is 0 Å². The van der Waals surface area contributed by atoms with Gasteiger partial charge in [-0.05, 0) is 131 Å². The molecule has 60 heavy (non-hydrogen) atoms. The van der Waals surface area contributed by atoms with Gasteiger partial charge in [0.15, 0.2) is 0 Å². The van der Waals surface area contributed by atoms with Crippen LogP contribution in [0.15, 0.2) is 164 Å². The zero-order valence-electron chi connectivity index (χ0n) is 38.6. The fraction of sp³-hybridized carbons (Fsp3) is 0.233. The normalized spacial score (nSPS) is 10.2. The topological polar surface area (TPSA) is 0 Å². The van der Waals surface area contributed by atoms with E-state index in [2.05, 4.69) is 193 Å². The summed E-state index contributed by atoms with van der Waals surface area (Å²) in [7, 11) is 0. The lowest BCUT2D eigenvalue weighted by Crippen LogP contribution is -1.90. The van der Waals surface area contributed by atoms with Gasteiger partial charge in [0.25, 0.3) is 0 Å². The second kappa shape index (κ2) is 23.0. The lowest BCUT2D eigenvalue weighted by atomic mass is 9.86. The van der Waals surface area contributed by atoms with Crippen LogP contribution in [-0.4, -0.2) is 0 Å². The van der Waals surface area contributed by atoms with E-state index < -0.39 is 0 Å². The van der Waals surface area contributed by atoms with Crippen molar-refractivity contribution in [3.8, 4) is 22.3 Å². The van der Waals surface area contributed by atoms with Crippen molar-refractivity contribution in [2.75, 3.05) is 0 Å². The molecular weight excluding hydrogens is 721 g/mol. The first-order valence-electron chi connectivity index (χ1n) is 22.4. The van der Waals surface area contributed by atoms with E-state index in [1.807, 2.05) is 48.5 Å². The van der Waals surface area contributed by atoms with E-state index in [1.54, 1.807) is 6.08 Å². The molecule has 0 aliphatic carbocycles. The number of benzene rings is 10. The number of hydrogen-bond donors (Lipinski definition) is 0. The Morgan fingerprint density at radius 3 is 1.07 bits per heavy atom. The highest BCUT2D eigenvalue weighted by Gasteiger charge is 2.16. The Labute approximate surface area is 362 Å². The lowest BCUT2D eigenvalue weighted by Gasteiger charge is -2.18. The van der Waals surface area contributed by atoms with E-state index in [0.717, 1.165) is 0 Å². The Balaban J connectivity index is 0.000000245. The Morgan fingerprint density at radius 1 is 0.333 bits per heavy atom. The maximum atomic E-state index is 3.36. The average Bonchev–Trinajstić information content (AvgIpc) is 3.31. The summed E-state index contributed by atoms with van der Waals surface area (Å²) >= 11 is 0. The monoisotopic (exact) mass is 789 g/mol. The highest BCUT2D eigenvalue weighted by atomic mass is 14.2. The van der Waals surface area contributed by atoms with E-state index in [4.69, 9.17) is 0 Å². The van der Waals surface area contributed by atoms with Crippen LogP contribution in [-0.2, 0) is 0 Å². The van der Waals surface area contributed by atoms with Gasteiger partial charge in [-0.3, -0.25) is 0 Å². The number of allylic oxidation sites excluding steroid dienone is 1. The molecule has 0 atom stereocenters. The zero-order valence-corrected chi connectivity index (χ0v) is 38.6. The fourth-order valence-corrected chi connectivity index (χ4v) is 7.90. The third kappa shape index (κ3) is 9.72. The minimum Gasteiger partial charge on any atom is -0.103 e. The van der Waals surface area contributed by atoms with Crippen molar-refractivity contribution in [3.63, 3.8) is 0 Å². The Hall–Kier alpha value is -5.98. The third-order valence-electron chi connectivity index (χ3n) is 10.8. The van der Waals surface area contributed by atoms with Gasteiger partial charge in [-0.25, -0.2) is 0 Å². The molecule has 0 spiro atoms. The molecule has 10 aromatic rings. The quantitative estimate of drug-likeness (QED) is 0.124. The molecule has 0 N–H and O–H groups in total. The third-order valence-corrected chi connectivity index (χ3v) is 10.8. The van der Waals surface area contributed by atoms with Crippen LogP contribution in [0.4, 0.5) is 0 Å². The van der Waals surface area contributed by atoms with Crippen molar-refractivity contribution in [1.82, 2.24) is 0 Å².